The zero-order valence-corrected chi connectivity index (χ0v) is 14.6. The van der Waals surface area contributed by atoms with Crippen LogP contribution in [0.15, 0.2) is 53.4 Å². The largest absolute Gasteiger partial charge is 0.487 e. The molecule has 0 aliphatic carbocycles. The van der Waals surface area contributed by atoms with Crippen molar-refractivity contribution in [3.05, 3.63) is 60.2 Å². The summed E-state index contributed by atoms with van der Waals surface area (Å²) in [4.78, 5) is 3.42. The van der Waals surface area contributed by atoms with Gasteiger partial charge in [-0.1, -0.05) is 18.2 Å². The van der Waals surface area contributed by atoms with Gasteiger partial charge in [0.1, 0.15) is 29.6 Å². The van der Waals surface area contributed by atoms with E-state index in [1.165, 1.54) is 4.90 Å². The number of benzene rings is 2. The molecule has 1 saturated heterocycles. The van der Waals surface area contributed by atoms with Crippen LogP contribution >= 0.6 is 11.8 Å². The number of piperidine rings is 1. The van der Waals surface area contributed by atoms with Crippen molar-refractivity contribution in [1.82, 2.24) is 4.90 Å². The van der Waals surface area contributed by atoms with Gasteiger partial charge in [0.25, 0.3) is 0 Å². The number of likely N-dealkylation sites (tertiary alicyclic amines) is 1. The monoisotopic (exact) mass is 365 g/mol. The zero-order valence-electron chi connectivity index (χ0n) is 13.8. The minimum Gasteiger partial charge on any atom is -0.487 e. The Bertz CT molecular complexity index is 666. The second-order valence-electron chi connectivity index (χ2n) is 6.08. The molecule has 1 fully saturated rings. The number of aliphatic hydroxyl groups excluding tert-OH is 1. The van der Waals surface area contributed by atoms with E-state index in [0.717, 1.165) is 37.0 Å². The van der Waals surface area contributed by atoms with Gasteiger partial charge < -0.3 is 9.84 Å². The van der Waals surface area contributed by atoms with Gasteiger partial charge in [-0.3, -0.25) is 4.90 Å². The van der Waals surface area contributed by atoms with E-state index in [1.807, 2.05) is 18.2 Å². The molecule has 134 valence electrons. The predicted octanol–water partition coefficient (Wildman–Crippen LogP) is 3.57. The van der Waals surface area contributed by atoms with Crippen LogP contribution in [0.2, 0.25) is 0 Å². The third kappa shape index (κ3) is 5.42. The fraction of sp³-hybridized carbons (Fsp3) is 0.368. The van der Waals surface area contributed by atoms with E-state index in [0.29, 0.717) is 13.0 Å². The van der Waals surface area contributed by atoms with Gasteiger partial charge in [-0.15, -0.1) is 11.8 Å². The lowest BCUT2D eigenvalue weighted by Gasteiger charge is -2.35. The highest BCUT2D eigenvalue weighted by Gasteiger charge is 2.29. The molecule has 1 aliphatic rings. The Balaban J connectivity index is 1.45. The molecule has 1 heterocycles. The summed E-state index contributed by atoms with van der Waals surface area (Å²) in [7, 11) is 0. The van der Waals surface area contributed by atoms with E-state index in [9.17, 15) is 13.9 Å². The van der Waals surface area contributed by atoms with E-state index in [1.54, 1.807) is 11.8 Å². The van der Waals surface area contributed by atoms with Gasteiger partial charge in [-0.2, -0.15) is 0 Å². The van der Waals surface area contributed by atoms with E-state index in [2.05, 4.69) is 17.0 Å². The average Bonchev–Trinajstić information content (AvgIpc) is 2.57. The molecule has 0 amide bonds. The molecule has 0 radical (unpaired) electrons. The summed E-state index contributed by atoms with van der Waals surface area (Å²) in [6.07, 6.45) is -0.504. The topological polar surface area (TPSA) is 32.7 Å². The molecule has 1 aliphatic heterocycles. The zero-order chi connectivity index (χ0) is 17.6. The number of nitrogens with zero attached hydrogens (tertiary/aromatic N) is 1. The third-order valence-corrected chi connectivity index (χ3v) is 5.14. The van der Waals surface area contributed by atoms with Crippen molar-refractivity contribution in [1.29, 1.82) is 0 Å². The number of hydrogen-bond acceptors (Lipinski definition) is 4. The maximum atomic E-state index is 13.2. The Morgan fingerprint density at radius 1 is 1.12 bits per heavy atom. The molecule has 2 atom stereocenters. The average molecular weight is 365 g/mol. The first-order chi connectivity index (χ1) is 12.1. The minimum absolute atomic E-state index is 0.120. The maximum Gasteiger partial charge on any atom is 0.129 e. The van der Waals surface area contributed by atoms with Gasteiger partial charge in [0, 0.05) is 48.5 Å². The van der Waals surface area contributed by atoms with Crippen molar-refractivity contribution in [3.63, 3.8) is 0 Å². The molecule has 0 aromatic heterocycles. The van der Waals surface area contributed by atoms with Gasteiger partial charge in [0.2, 0.25) is 0 Å². The Kier molecular flexibility index (Phi) is 6.29. The SMILES string of the molecule is O[C@@H]1CN(CCSc2ccccc2)CC[C@H]1Oc1cc(F)cc(F)c1. The maximum absolute atomic E-state index is 13.2. The number of ether oxygens (including phenoxy) is 1. The summed E-state index contributed by atoms with van der Waals surface area (Å²) in [5, 5.41) is 10.3. The smallest absolute Gasteiger partial charge is 0.129 e. The summed E-state index contributed by atoms with van der Waals surface area (Å²) in [5.74, 6) is -0.300. The summed E-state index contributed by atoms with van der Waals surface area (Å²) >= 11 is 1.78. The molecule has 1 N–H and O–H groups in total. The Labute approximate surface area is 150 Å². The number of aliphatic hydroxyl groups is 1. The number of halogens is 2. The number of hydrogen-bond donors (Lipinski definition) is 1. The van der Waals surface area contributed by atoms with Crippen LogP contribution < -0.4 is 4.74 Å². The van der Waals surface area contributed by atoms with Crippen molar-refractivity contribution in [2.75, 3.05) is 25.4 Å². The number of thioether (sulfide) groups is 1. The summed E-state index contributed by atoms with van der Waals surface area (Å²) in [6.45, 7) is 2.16. The molecule has 0 unspecified atom stereocenters. The van der Waals surface area contributed by atoms with Crippen molar-refractivity contribution >= 4 is 11.8 Å². The van der Waals surface area contributed by atoms with Crippen molar-refractivity contribution in [2.45, 2.75) is 23.5 Å². The van der Waals surface area contributed by atoms with Gasteiger partial charge in [-0.05, 0) is 18.6 Å². The van der Waals surface area contributed by atoms with E-state index in [-0.39, 0.29) is 5.75 Å². The number of β-amino-alcohol motifs (C(OH)–C–C–N with tert-alkyl or cyclic N) is 1. The van der Waals surface area contributed by atoms with Crippen molar-refractivity contribution in [2.24, 2.45) is 0 Å². The normalized spacial score (nSPS) is 21.2. The molecule has 0 saturated carbocycles. The Hall–Kier alpha value is -1.63. The Morgan fingerprint density at radius 2 is 1.84 bits per heavy atom. The first-order valence-electron chi connectivity index (χ1n) is 8.31. The molecule has 0 bridgehead atoms. The molecule has 0 spiro atoms. The van der Waals surface area contributed by atoms with Gasteiger partial charge in [0.15, 0.2) is 0 Å². The molecular weight excluding hydrogens is 344 g/mol. The highest BCUT2D eigenvalue weighted by atomic mass is 32.2. The van der Waals surface area contributed by atoms with Crippen molar-refractivity contribution in [3.8, 4) is 5.75 Å². The molecule has 3 nitrogen and oxygen atoms in total. The molecule has 2 aromatic rings. The summed E-state index contributed by atoms with van der Waals surface area (Å²) in [6, 6.07) is 13.3. The highest BCUT2D eigenvalue weighted by Crippen LogP contribution is 2.22. The van der Waals surface area contributed by atoms with Crippen LogP contribution in [0, 0.1) is 11.6 Å². The number of rotatable bonds is 6. The fourth-order valence-corrected chi connectivity index (χ4v) is 3.83. The van der Waals surface area contributed by atoms with Crippen LogP contribution in [0.5, 0.6) is 5.75 Å². The van der Waals surface area contributed by atoms with E-state index < -0.39 is 23.8 Å². The summed E-state index contributed by atoms with van der Waals surface area (Å²) < 4.78 is 32.0. The van der Waals surface area contributed by atoms with Crippen LogP contribution in [0.25, 0.3) is 0 Å². The van der Waals surface area contributed by atoms with Crippen LogP contribution in [-0.4, -0.2) is 47.6 Å². The standard InChI is InChI=1S/C19H21F2NO2S/c20-14-10-15(21)12-16(11-14)24-19-6-7-22(13-18(19)23)8-9-25-17-4-2-1-3-5-17/h1-5,10-12,18-19,23H,6-9,13H2/t18-,19-/m1/s1. The van der Waals surface area contributed by atoms with Crippen LogP contribution in [0.4, 0.5) is 8.78 Å². The first-order valence-corrected chi connectivity index (χ1v) is 9.30. The minimum atomic E-state index is -0.681. The molecule has 6 heteroatoms. The molecule has 25 heavy (non-hydrogen) atoms. The lowest BCUT2D eigenvalue weighted by molar-refractivity contribution is -0.0237. The second kappa shape index (κ2) is 8.65. The Morgan fingerprint density at radius 3 is 2.52 bits per heavy atom. The van der Waals surface area contributed by atoms with Gasteiger partial charge in [0.05, 0.1) is 0 Å². The molecule has 2 aromatic carbocycles. The van der Waals surface area contributed by atoms with Crippen LogP contribution in [0.3, 0.4) is 0 Å². The quantitative estimate of drug-likeness (QED) is 0.794. The molecular formula is C19H21F2NO2S. The molecule has 3 rings (SSSR count). The van der Waals surface area contributed by atoms with Crippen LogP contribution in [-0.2, 0) is 0 Å². The predicted molar refractivity (Wildman–Crippen MR) is 95.0 cm³/mol. The lowest BCUT2D eigenvalue weighted by atomic mass is 10.0. The third-order valence-electron chi connectivity index (χ3n) is 4.15. The van der Waals surface area contributed by atoms with Gasteiger partial charge in [-0.25, -0.2) is 8.78 Å². The van der Waals surface area contributed by atoms with Crippen LogP contribution in [0.1, 0.15) is 6.42 Å². The first kappa shape index (κ1) is 18.2. The lowest BCUT2D eigenvalue weighted by Crippen LogP contribution is -2.49. The summed E-state index contributed by atoms with van der Waals surface area (Å²) in [5.41, 5.74) is 0. The van der Waals surface area contributed by atoms with Gasteiger partial charge >= 0.3 is 0 Å². The second-order valence-corrected chi connectivity index (χ2v) is 7.25. The van der Waals surface area contributed by atoms with E-state index in [4.69, 9.17) is 4.74 Å². The van der Waals surface area contributed by atoms with E-state index >= 15 is 0 Å². The fourth-order valence-electron chi connectivity index (χ4n) is 2.90. The highest BCUT2D eigenvalue weighted by molar-refractivity contribution is 7.99. The van der Waals surface area contributed by atoms with Crippen molar-refractivity contribution < 1.29 is 18.6 Å².